The average Bonchev–Trinajstić information content (AvgIpc) is 3.14. The monoisotopic (exact) mass is 336 g/mol. The van der Waals surface area contributed by atoms with E-state index >= 15 is 0 Å². The number of pyridine rings is 1. The van der Waals surface area contributed by atoms with E-state index in [9.17, 15) is 0 Å². The summed E-state index contributed by atoms with van der Waals surface area (Å²) in [5, 5.41) is 6.53. The molecule has 0 bridgehead atoms. The maximum Gasteiger partial charge on any atom is 0.212 e. The fourth-order valence-electron chi connectivity index (χ4n) is 2.41. The number of ether oxygens (including phenoxy) is 3. The number of hydrogen-bond acceptors (Lipinski definition) is 5. The third kappa shape index (κ3) is 6.72. The normalized spacial score (nSPS) is 17.8. The summed E-state index contributed by atoms with van der Waals surface area (Å²) in [5.74, 6) is 1.38. The van der Waals surface area contributed by atoms with Gasteiger partial charge in [-0.3, -0.25) is 4.99 Å². The summed E-state index contributed by atoms with van der Waals surface area (Å²) in [4.78, 5) is 8.39. The number of nitrogens with zero attached hydrogens (tertiary/aromatic N) is 2. The molecule has 1 aliphatic heterocycles. The number of rotatable bonds is 9. The van der Waals surface area contributed by atoms with Gasteiger partial charge in [-0.25, -0.2) is 4.98 Å². The van der Waals surface area contributed by atoms with Gasteiger partial charge in [0.15, 0.2) is 5.96 Å². The molecule has 1 aromatic heterocycles. The minimum atomic E-state index is 0.297. The van der Waals surface area contributed by atoms with Gasteiger partial charge in [-0.15, -0.1) is 0 Å². The van der Waals surface area contributed by atoms with Crippen LogP contribution < -0.4 is 15.4 Å². The summed E-state index contributed by atoms with van der Waals surface area (Å²) in [6.07, 6.45) is 5.29. The average molecular weight is 336 g/mol. The van der Waals surface area contributed by atoms with Crippen molar-refractivity contribution in [3.05, 3.63) is 23.9 Å². The van der Waals surface area contributed by atoms with E-state index in [0.717, 1.165) is 50.5 Å². The second kappa shape index (κ2) is 10.8. The molecule has 134 valence electrons. The molecule has 1 unspecified atom stereocenters. The molecule has 0 amide bonds. The third-order valence-electron chi connectivity index (χ3n) is 3.78. The molecule has 2 heterocycles. The first-order chi connectivity index (χ1) is 11.8. The SMILES string of the molecule is CN=C(NCCCOCC1CCCO1)NCc1ccc(OC)nc1. The van der Waals surface area contributed by atoms with Gasteiger partial charge in [0.1, 0.15) is 0 Å². The quantitative estimate of drug-likeness (QED) is 0.403. The Kier molecular flexibility index (Phi) is 8.34. The molecule has 1 saturated heterocycles. The molecule has 1 fully saturated rings. The summed E-state index contributed by atoms with van der Waals surface area (Å²) in [5.41, 5.74) is 1.07. The van der Waals surface area contributed by atoms with Gasteiger partial charge >= 0.3 is 0 Å². The van der Waals surface area contributed by atoms with Crippen molar-refractivity contribution >= 4 is 5.96 Å². The number of hydrogen-bond donors (Lipinski definition) is 2. The molecule has 2 rings (SSSR count). The van der Waals surface area contributed by atoms with E-state index in [1.165, 1.54) is 0 Å². The lowest BCUT2D eigenvalue weighted by Crippen LogP contribution is -2.37. The highest BCUT2D eigenvalue weighted by Crippen LogP contribution is 2.11. The van der Waals surface area contributed by atoms with Crippen LogP contribution in [0.1, 0.15) is 24.8 Å². The van der Waals surface area contributed by atoms with Crippen LogP contribution in [0.25, 0.3) is 0 Å². The zero-order valence-electron chi connectivity index (χ0n) is 14.6. The van der Waals surface area contributed by atoms with E-state index in [2.05, 4.69) is 20.6 Å². The van der Waals surface area contributed by atoms with Gasteiger partial charge in [-0.2, -0.15) is 0 Å². The predicted molar refractivity (Wildman–Crippen MR) is 93.4 cm³/mol. The van der Waals surface area contributed by atoms with Crippen molar-refractivity contribution in [2.45, 2.75) is 31.9 Å². The Hall–Kier alpha value is -1.86. The molecule has 1 aromatic rings. The van der Waals surface area contributed by atoms with Crippen LogP contribution in [0.15, 0.2) is 23.3 Å². The van der Waals surface area contributed by atoms with E-state index in [0.29, 0.717) is 25.1 Å². The lowest BCUT2D eigenvalue weighted by Gasteiger charge is -2.13. The highest BCUT2D eigenvalue weighted by atomic mass is 16.5. The van der Waals surface area contributed by atoms with Gasteiger partial charge < -0.3 is 24.8 Å². The molecule has 24 heavy (non-hydrogen) atoms. The van der Waals surface area contributed by atoms with Crippen LogP contribution in [0.5, 0.6) is 5.88 Å². The van der Waals surface area contributed by atoms with Crippen molar-refractivity contribution in [2.24, 2.45) is 4.99 Å². The van der Waals surface area contributed by atoms with Crippen molar-refractivity contribution < 1.29 is 14.2 Å². The van der Waals surface area contributed by atoms with Gasteiger partial charge in [-0.05, 0) is 24.8 Å². The van der Waals surface area contributed by atoms with Gasteiger partial charge in [0.05, 0.1) is 19.8 Å². The molecule has 7 heteroatoms. The van der Waals surface area contributed by atoms with E-state index in [1.54, 1.807) is 20.4 Å². The first-order valence-electron chi connectivity index (χ1n) is 8.44. The number of guanidine groups is 1. The van der Waals surface area contributed by atoms with Crippen molar-refractivity contribution in [1.82, 2.24) is 15.6 Å². The maximum atomic E-state index is 5.64. The maximum absolute atomic E-state index is 5.64. The summed E-state index contributed by atoms with van der Waals surface area (Å²) >= 11 is 0. The van der Waals surface area contributed by atoms with Crippen molar-refractivity contribution in [3.8, 4) is 5.88 Å². The number of aromatic nitrogens is 1. The summed E-state index contributed by atoms with van der Waals surface area (Å²) in [6.45, 7) is 3.78. The fraction of sp³-hybridized carbons (Fsp3) is 0.647. The highest BCUT2D eigenvalue weighted by molar-refractivity contribution is 5.79. The highest BCUT2D eigenvalue weighted by Gasteiger charge is 2.14. The molecule has 0 spiro atoms. The summed E-state index contributed by atoms with van der Waals surface area (Å²) in [7, 11) is 3.37. The van der Waals surface area contributed by atoms with Crippen LogP contribution in [0.3, 0.4) is 0 Å². The Labute approximate surface area is 143 Å². The zero-order chi connectivity index (χ0) is 17.0. The molecule has 0 radical (unpaired) electrons. The van der Waals surface area contributed by atoms with Gasteiger partial charge in [0.25, 0.3) is 0 Å². The lowest BCUT2D eigenvalue weighted by atomic mass is 10.2. The Morgan fingerprint density at radius 1 is 1.42 bits per heavy atom. The smallest absolute Gasteiger partial charge is 0.212 e. The minimum Gasteiger partial charge on any atom is -0.481 e. The van der Waals surface area contributed by atoms with Gasteiger partial charge in [0, 0.05) is 45.6 Å². The fourth-order valence-corrected chi connectivity index (χ4v) is 2.41. The largest absolute Gasteiger partial charge is 0.481 e. The molecule has 1 aliphatic rings. The Bertz CT molecular complexity index is 487. The van der Waals surface area contributed by atoms with E-state index in [4.69, 9.17) is 14.2 Å². The second-order valence-electron chi connectivity index (χ2n) is 5.62. The molecule has 2 N–H and O–H groups in total. The zero-order valence-corrected chi connectivity index (χ0v) is 14.6. The van der Waals surface area contributed by atoms with Crippen LogP contribution in [0.4, 0.5) is 0 Å². The van der Waals surface area contributed by atoms with Crippen LogP contribution in [-0.2, 0) is 16.0 Å². The molecule has 7 nitrogen and oxygen atoms in total. The summed E-state index contributed by atoms with van der Waals surface area (Å²) < 4.78 is 16.2. The van der Waals surface area contributed by atoms with Crippen molar-refractivity contribution in [3.63, 3.8) is 0 Å². The molecular formula is C17H28N4O3. The topological polar surface area (TPSA) is 77.0 Å². The molecular weight excluding hydrogens is 308 g/mol. The first-order valence-corrected chi connectivity index (χ1v) is 8.44. The predicted octanol–water partition coefficient (Wildman–Crippen LogP) is 1.34. The molecule has 0 aliphatic carbocycles. The van der Waals surface area contributed by atoms with Gasteiger partial charge in [0.2, 0.25) is 5.88 Å². The molecule has 1 atom stereocenters. The molecule has 0 saturated carbocycles. The lowest BCUT2D eigenvalue weighted by molar-refractivity contribution is 0.0168. The van der Waals surface area contributed by atoms with E-state index < -0.39 is 0 Å². The van der Waals surface area contributed by atoms with Crippen LogP contribution in [-0.4, -0.2) is 57.6 Å². The van der Waals surface area contributed by atoms with Gasteiger partial charge in [-0.1, -0.05) is 6.07 Å². The van der Waals surface area contributed by atoms with Crippen molar-refractivity contribution in [1.29, 1.82) is 0 Å². The Balaban J connectivity index is 1.54. The minimum absolute atomic E-state index is 0.297. The van der Waals surface area contributed by atoms with Crippen LogP contribution in [0.2, 0.25) is 0 Å². The Morgan fingerprint density at radius 2 is 2.33 bits per heavy atom. The Morgan fingerprint density at radius 3 is 3.00 bits per heavy atom. The third-order valence-corrected chi connectivity index (χ3v) is 3.78. The standard InChI is InChI=1S/C17H28N4O3/c1-18-17(21-12-14-6-7-16(22-2)20-11-14)19-8-4-9-23-13-15-5-3-10-24-15/h6-7,11,15H,3-5,8-10,12-13H2,1-2H3,(H2,18,19,21). The first kappa shape index (κ1) is 18.5. The van der Waals surface area contributed by atoms with E-state index in [-0.39, 0.29) is 0 Å². The number of nitrogens with one attached hydrogen (secondary N) is 2. The summed E-state index contributed by atoms with van der Waals surface area (Å²) in [6, 6.07) is 3.82. The molecule has 0 aromatic carbocycles. The van der Waals surface area contributed by atoms with Crippen LogP contribution in [0, 0.1) is 0 Å². The van der Waals surface area contributed by atoms with Crippen molar-refractivity contribution in [2.75, 3.05) is 40.5 Å². The van der Waals surface area contributed by atoms with Crippen LogP contribution >= 0.6 is 0 Å². The number of aliphatic imine (C=N–C) groups is 1. The van der Waals surface area contributed by atoms with E-state index in [1.807, 2.05) is 12.1 Å². The number of methoxy groups -OCH3 is 1. The second-order valence-corrected chi connectivity index (χ2v) is 5.62.